The predicted octanol–water partition coefficient (Wildman–Crippen LogP) is 1.17. The Morgan fingerprint density at radius 1 is 1.29 bits per heavy atom. The third-order valence-corrected chi connectivity index (χ3v) is 3.02. The van der Waals surface area contributed by atoms with Gasteiger partial charge in [0.25, 0.3) is 0 Å². The first-order valence-corrected chi connectivity index (χ1v) is 5.36. The van der Waals surface area contributed by atoms with Crippen LogP contribution >= 0.6 is 0 Å². The van der Waals surface area contributed by atoms with Gasteiger partial charge in [-0.05, 0) is 30.9 Å². The summed E-state index contributed by atoms with van der Waals surface area (Å²) in [5.41, 5.74) is 7.48. The average molecular weight is 190 g/mol. The van der Waals surface area contributed by atoms with E-state index < -0.39 is 0 Å². The van der Waals surface area contributed by atoms with Crippen molar-refractivity contribution in [3.63, 3.8) is 0 Å². The molecule has 2 unspecified atom stereocenters. The van der Waals surface area contributed by atoms with Crippen LogP contribution in [0.15, 0.2) is 30.3 Å². The second-order valence-electron chi connectivity index (χ2n) is 4.11. The minimum atomic E-state index is 0.323. The molecule has 1 aliphatic rings. The molecule has 0 aliphatic carbocycles. The summed E-state index contributed by atoms with van der Waals surface area (Å²) in [6.07, 6.45) is 2.33. The molecule has 1 fully saturated rings. The topological polar surface area (TPSA) is 38.0 Å². The highest BCUT2D eigenvalue weighted by Gasteiger charge is 2.21. The number of piperidine rings is 1. The van der Waals surface area contributed by atoms with Crippen LogP contribution in [0.3, 0.4) is 0 Å². The first kappa shape index (κ1) is 9.69. The zero-order valence-electron chi connectivity index (χ0n) is 8.45. The largest absolute Gasteiger partial charge is 0.326 e. The van der Waals surface area contributed by atoms with Gasteiger partial charge < -0.3 is 11.1 Å². The van der Waals surface area contributed by atoms with Gasteiger partial charge in [0.05, 0.1) is 0 Å². The summed E-state index contributed by atoms with van der Waals surface area (Å²) < 4.78 is 0. The van der Waals surface area contributed by atoms with Crippen LogP contribution in [0.25, 0.3) is 0 Å². The molecule has 3 N–H and O–H groups in total. The standard InChI is InChI=1S/C12H18N2/c13-12-9-14-7-6-11(12)8-10-4-2-1-3-5-10/h1-5,11-12,14H,6-9,13H2. The van der Waals surface area contributed by atoms with Crippen molar-refractivity contribution < 1.29 is 0 Å². The second-order valence-corrected chi connectivity index (χ2v) is 4.11. The first-order valence-electron chi connectivity index (χ1n) is 5.36. The predicted molar refractivity (Wildman–Crippen MR) is 59.1 cm³/mol. The SMILES string of the molecule is NC1CNCCC1Cc1ccccc1. The molecule has 0 radical (unpaired) electrons. The van der Waals surface area contributed by atoms with E-state index >= 15 is 0 Å². The molecule has 2 nitrogen and oxygen atoms in total. The summed E-state index contributed by atoms with van der Waals surface area (Å²) >= 11 is 0. The van der Waals surface area contributed by atoms with E-state index in [1.165, 1.54) is 12.0 Å². The van der Waals surface area contributed by atoms with E-state index in [-0.39, 0.29) is 0 Å². The van der Waals surface area contributed by atoms with Crippen molar-refractivity contribution in [1.82, 2.24) is 5.32 Å². The van der Waals surface area contributed by atoms with E-state index in [4.69, 9.17) is 5.73 Å². The number of hydrogen-bond acceptors (Lipinski definition) is 2. The quantitative estimate of drug-likeness (QED) is 0.734. The van der Waals surface area contributed by atoms with Crippen LogP contribution in [0.1, 0.15) is 12.0 Å². The van der Waals surface area contributed by atoms with E-state index in [0.717, 1.165) is 19.5 Å². The Labute approximate surface area is 85.5 Å². The summed E-state index contributed by atoms with van der Waals surface area (Å²) in [7, 11) is 0. The fourth-order valence-corrected chi connectivity index (χ4v) is 2.11. The number of nitrogens with one attached hydrogen (secondary N) is 1. The Morgan fingerprint density at radius 3 is 2.79 bits per heavy atom. The Balaban J connectivity index is 1.96. The molecule has 0 amide bonds. The van der Waals surface area contributed by atoms with Gasteiger partial charge in [0.2, 0.25) is 0 Å². The van der Waals surface area contributed by atoms with E-state index in [2.05, 4.69) is 35.6 Å². The van der Waals surface area contributed by atoms with Crippen molar-refractivity contribution in [1.29, 1.82) is 0 Å². The van der Waals surface area contributed by atoms with Crippen LogP contribution in [0, 0.1) is 5.92 Å². The molecule has 1 aromatic carbocycles. The molecule has 2 heteroatoms. The third-order valence-electron chi connectivity index (χ3n) is 3.02. The number of hydrogen-bond donors (Lipinski definition) is 2. The highest BCUT2D eigenvalue weighted by molar-refractivity contribution is 5.15. The second kappa shape index (κ2) is 4.58. The van der Waals surface area contributed by atoms with Crippen LogP contribution in [0.4, 0.5) is 0 Å². The van der Waals surface area contributed by atoms with Crippen LogP contribution in [-0.4, -0.2) is 19.1 Å². The Morgan fingerprint density at radius 2 is 2.07 bits per heavy atom. The van der Waals surface area contributed by atoms with Gasteiger partial charge in [0.1, 0.15) is 0 Å². The van der Waals surface area contributed by atoms with E-state index in [9.17, 15) is 0 Å². The smallest absolute Gasteiger partial charge is 0.0197 e. The summed E-state index contributed by atoms with van der Waals surface area (Å²) in [6, 6.07) is 11.0. The highest BCUT2D eigenvalue weighted by Crippen LogP contribution is 2.16. The molecule has 2 rings (SSSR count). The molecule has 76 valence electrons. The van der Waals surface area contributed by atoms with Gasteiger partial charge in [-0.1, -0.05) is 30.3 Å². The fourth-order valence-electron chi connectivity index (χ4n) is 2.11. The Hall–Kier alpha value is -0.860. The van der Waals surface area contributed by atoms with Gasteiger partial charge in [-0.15, -0.1) is 0 Å². The van der Waals surface area contributed by atoms with Gasteiger partial charge in [0, 0.05) is 12.6 Å². The lowest BCUT2D eigenvalue weighted by molar-refractivity contribution is 0.322. The number of benzene rings is 1. The number of nitrogens with two attached hydrogens (primary N) is 1. The van der Waals surface area contributed by atoms with Gasteiger partial charge in [-0.3, -0.25) is 0 Å². The summed E-state index contributed by atoms with van der Waals surface area (Å²) in [5.74, 6) is 0.652. The maximum Gasteiger partial charge on any atom is 0.0197 e. The van der Waals surface area contributed by atoms with E-state index in [1.54, 1.807) is 0 Å². The molecule has 1 aromatic rings. The van der Waals surface area contributed by atoms with Crippen LogP contribution in [0.2, 0.25) is 0 Å². The van der Waals surface area contributed by atoms with Crippen molar-refractivity contribution >= 4 is 0 Å². The lowest BCUT2D eigenvalue weighted by Gasteiger charge is -2.29. The maximum atomic E-state index is 6.06. The molecule has 1 aliphatic heterocycles. The normalized spacial score (nSPS) is 27.5. The van der Waals surface area contributed by atoms with Crippen LogP contribution < -0.4 is 11.1 Å². The van der Waals surface area contributed by atoms with Gasteiger partial charge in [-0.25, -0.2) is 0 Å². The zero-order chi connectivity index (χ0) is 9.80. The fraction of sp³-hybridized carbons (Fsp3) is 0.500. The Kier molecular flexibility index (Phi) is 3.17. The first-order chi connectivity index (χ1) is 6.86. The summed E-state index contributed by atoms with van der Waals surface area (Å²) in [4.78, 5) is 0. The Bertz CT molecular complexity index is 271. The molecule has 1 heterocycles. The van der Waals surface area contributed by atoms with Crippen molar-refractivity contribution in [2.24, 2.45) is 11.7 Å². The van der Waals surface area contributed by atoms with Gasteiger partial charge >= 0.3 is 0 Å². The molecule has 0 saturated carbocycles. The third kappa shape index (κ3) is 2.34. The van der Waals surface area contributed by atoms with E-state index in [0.29, 0.717) is 12.0 Å². The molecular formula is C12H18N2. The number of rotatable bonds is 2. The van der Waals surface area contributed by atoms with Gasteiger partial charge in [-0.2, -0.15) is 0 Å². The molecule has 1 saturated heterocycles. The van der Waals surface area contributed by atoms with Crippen molar-refractivity contribution in [3.8, 4) is 0 Å². The average Bonchev–Trinajstić information content (AvgIpc) is 2.23. The molecule has 0 bridgehead atoms. The monoisotopic (exact) mass is 190 g/mol. The maximum absolute atomic E-state index is 6.06. The molecule has 14 heavy (non-hydrogen) atoms. The molecule has 0 aromatic heterocycles. The summed E-state index contributed by atoms with van der Waals surface area (Å²) in [5, 5.41) is 3.33. The van der Waals surface area contributed by atoms with Crippen molar-refractivity contribution in [2.45, 2.75) is 18.9 Å². The lowest BCUT2D eigenvalue weighted by Crippen LogP contribution is -2.46. The summed E-state index contributed by atoms with van der Waals surface area (Å²) in [6.45, 7) is 2.09. The zero-order valence-corrected chi connectivity index (χ0v) is 8.45. The lowest BCUT2D eigenvalue weighted by atomic mass is 9.87. The van der Waals surface area contributed by atoms with Crippen LogP contribution in [0.5, 0.6) is 0 Å². The van der Waals surface area contributed by atoms with Crippen LogP contribution in [-0.2, 0) is 6.42 Å². The highest BCUT2D eigenvalue weighted by atomic mass is 14.9. The van der Waals surface area contributed by atoms with Crippen molar-refractivity contribution in [2.75, 3.05) is 13.1 Å². The molecule has 2 atom stereocenters. The molecule has 0 spiro atoms. The van der Waals surface area contributed by atoms with E-state index in [1.807, 2.05) is 0 Å². The van der Waals surface area contributed by atoms with Crippen molar-refractivity contribution in [3.05, 3.63) is 35.9 Å². The minimum absolute atomic E-state index is 0.323. The van der Waals surface area contributed by atoms with Gasteiger partial charge in [0.15, 0.2) is 0 Å². The minimum Gasteiger partial charge on any atom is -0.326 e. The molecular weight excluding hydrogens is 172 g/mol.